The third kappa shape index (κ3) is 7.02. The number of rotatable bonds is 5. The van der Waals surface area contributed by atoms with Crippen LogP contribution in [-0.2, 0) is 16.1 Å². The molecule has 0 radical (unpaired) electrons. The van der Waals surface area contributed by atoms with Crippen molar-refractivity contribution in [2.75, 3.05) is 44.4 Å². The number of ether oxygens (including phenoxy) is 1. The summed E-state index contributed by atoms with van der Waals surface area (Å²) in [4.78, 5) is 29.6. The second kappa shape index (κ2) is 12.9. The minimum absolute atomic E-state index is 0.0427. The van der Waals surface area contributed by atoms with Gasteiger partial charge < -0.3 is 20.1 Å². The van der Waals surface area contributed by atoms with Gasteiger partial charge in [-0.05, 0) is 62.4 Å². The number of amides is 2. The number of hydrogen-bond acceptors (Lipinski definition) is 5. The molecule has 0 saturated carbocycles. The molecule has 3 rings (SSSR count). The largest absolute Gasteiger partial charge is 0.396 e. The first-order valence-electron chi connectivity index (χ1n) is 12.2. The van der Waals surface area contributed by atoms with Crippen LogP contribution in [0, 0.1) is 0 Å². The van der Waals surface area contributed by atoms with Gasteiger partial charge in [0.05, 0.1) is 0 Å². The standard InChI is InChI=1S/C25H39N3O4/c1-20(30)28-14-6-4-2-3-5-13-27(23-10-16-32-17-11-23)19-22-18-21(8-9-24(22)28)25(31)26-12-7-15-29/h8-9,18,23,29H,2-7,10-17,19H2,1H3,(H,26,31). The van der Waals surface area contributed by atoms with E-state index in [-0.39, 0.29) is 18.4 Å². The van der Waals surface area contributed by atoms with Gasteiger partial charge in [0.15, 0.2) is 0 Å². The van der Waals surface area contributed by atoms with Crippen molar-refractivity contribution < 1.29 is 19.4 Å². The Hall–Kier alpha value is -1.96. The fraction of sp³-hybridized carbons (Fsp3) is 0.680. The van der Waals surface area contributed by atoms with Crippen LogP contribution in [0.1, 0.15) is 74.2 Å². The Kier molecular flexibility index (Phi) is 9.96. The van der Waals surface area contributed by atoms with Crippen molar-refractivity contribution in [3.63, 3.8) is 0 Å². The van der Waals surface area contributed by atoms with Gasteiger partial charge >= 0.3 is 0 Å². The van der Waals surface area contributed by atoms with Gasteiger partial charge in [-0.15, -0.1) is 0 Å². The van der Waals surface area contributed by atoms with Crippen LogP contribution in [0.4, 0.5) is 5.69 Å². The Morgan fingerprint density at radius 3 is 2.53 bits per heavy atom. The molecule has 2 aliphatic rings. The Morgan fingerprint density at radius 1 is 1.09 bits per heavy atom. The Morgan fingerprint density at radius 2 is 1.81 bits per heavy atom. The highest BCUT2D eigenvalue weighted by atomic mass is 16.5. The molecule has 7 nitrogen and oxygen atoms in total. The number of nitrogens with zero attached hydrogens (tertiary/aromatic N) is 2. The molecule has 2 amide bonds. The first-order chi connectivity index (χ1) is 15.6. The fourth-order valence-corrected chi connectivity index (χ4v) is 4.72. The van der Waals surface area contributed by atoms with Crippen LogP contribution in [0.25, 0.3) is 0 Å². The number of carbonyl (C=O) groups is 2. The minimum atomic E-state index is -0.139. The normalized spacial score (nSPS) is 19.5. The molecule has 0 atom stereocenters. The first kappa shape index (κ1) is 24.7. The number of carbonyl (C=O) groups excluding carboxylic acids is 2. The lowest BCUT2D eigenvalue weighted by Gasteiger charge is -2.36. The topological polar surface area (TPSA) is 82.1 Å². The lowest BCUT2D eigenvalue weighted by molar-refractivity contribution is -0.116. The summed E-state index contributed by atoms with van der Waals surface area (Å²) in [7, 11) is 0. The first-order valence-corrected chi connectivity index (χ1v) is 12.2. The molecule has 2 aliphatic heterocycles. The van der Waals surface area contributed by atoms with Crippen LogP contribution in [0.2, 0.25) is 0 Å². The molecule has 1 aromatic rings. The quantitative estimate of drug-likeness (QED) is 0.681. The predicted molar refractivity (Wildman–Crippen MR) is 126 cm³/mol. The molecule has 1 aromatic carbocycles. The second-order valence-corrected chi connectivity index (χ2v) is 8.93. The maximum absolute atomic E-state index is 12.7. The zero-order valence-corrected chi connectivity index (χ0v) is 19.5. The highest BCUT2D eigenvalue weighted by Crippen LogP contribution is 2.28. The van der Waals surface area contributed by atoms with Crippen molar-refractivity contribution in [3.8, 4) is 0 Å². The molecule has 0 aliphatic carbocycles. The van der Waals surface area contributed by atoms with E-state index in [1.54, 1.807) is 6.92 Å². The highest BCUT2D eigenvalue weighted by Gasteiger charge is 2.25. The summed E-state index contributed by atoms with van der Waals surface area (Å²) in [6, 6.07) is 6.17. The van der Waals surface area contributed by atoms with Gasteiger partial charge in [-0.1, -0.05) is 19.3 Å². The van der Waals surface area contributed by atoms with E-state index in [1.165, 1.54) is 19.3 Å². The van der Waals surface area contributed by atoms with E-state index in [0.29, 0.717) is 31.1 Å². The van der Waals surface area contributed by atoms with E-state index < -0.39 is 0 Å². The lowest BCUT2D eigenvalue weighted by Crippen LogP contribution is -2.40. The molecule has 1 saturated heterocycles. The molecule has 0 unspecified atom stereocenters. The summed E-state index contributed by atoms with van der Waals surface area (Å²) in [5.74, 6) is -0.0968. The fourth-order valence-electron chi connectivity index (χ4n) is 4.72. The summed E-state index contributed by atoms with van der Waals surface area (Å²) in [5.41, 5.74) is 2.55. The maximum Gasteiger partial charge on any atom is 0.251 e. The molecule has 1 fully saturated rings. The molecular formula is C25H39N3O4. The molecule has 2 N–H and O–H groups in total. The summed E-state index contributed by atoms with van der Waals surface area (Å²) >= 11 is 0. The van der Waals surface area contributed by atoms with Gasteiger partial charge in [-0.25, -0.2) is 0 Å². The van der Waals surface area contributed by atoms with Gasteiger partial charge in [0.2, 0.25) is 5.91 Å². The second-order valence-electron chi connectivity index (χ2n) is 8.93. The van der Waals surface area contributed by atoms with E-state index in [9.17, 15) is 9.59 Å². The zero-order valence-electron chi connectivity index (χ0n) is 19.5. The summed E-state index contributed by atoms with van der Waals surface area (Å²) in [5, 5.41) is 11.9. The molecule has 7 heteroatoms. The molecule has 32 heavy (non-hydrogen) atoms. The van der Waals surface area contributed by atoms with Crippen LogP contribution in [0.3, 0.4) is 0 Å². The van der Waals surface area contributed by atoms with E-state index in [4.69, 9.17) is 9.84 Å². The molecule has 0 spiro atoms. The third-order valence-electron chi connectivity index (χ3n) is 6.54. The average Bonchev–Trinajstić information content (AvgIpc) is 2.79. The smallest absolute Gasteiger partial charge is 0.251 e. The van der Waals surface area contributed by atoms with Crippen molar-refractivity contribution in [2.45, 2.75) is 70.9 Å². The monoisotopic (exact) mass is 445 g/mol. The maximum atomic E-state index is 12.7. The predicted octanol–water partition coefficient (Wildman–Crippen LogP) is 3.10. The van der Waals surface area contributed by atoms with Crippen molar-refractivity contribution in [3.05, 3.63) is 29.3 Å². The molecule has 178 valence electrons. The van der Waals surface area contributed by atoms with Crippen LogP contribution in [0.15, 0.2) is 18.2 Å². The molecular weight excluding hydrogens is 406 g/mol. The van der Waals surface area contributed by atoms with Crippen LogP contribution >= 0.6 is 0 Å². The van der Waals surface area contributed by atoms with Gasteiger partial charge in [-0.3, -0.25) is 14.5 Å². The Labute approximate surface area is 192 Å². The Balaban J connectivity index is 1.92. The number of anilines is 1. The van der Waals surface area contributed by atoms with Crippen molar-refractivity contribution in [2.24, 2.45) is 0 Å². The van der Waals surface area contributed by atoms with Gasteiger partial charge in [0.25, 0.3) is 5.91 Å². The third-order valence-corrected chi connectivity index (χ3v) is 6.54. The van der Waals surface area contributed by atoms with E-state index in [1.807, 2.05) is 23.1 Å². The molecule has 2 heterocycles. The Bertz CT molecular complexity index is 749. The van der Waals surface area contributed by atoms with Crippen molar-refractivity contribution in [1.29, 1.82) is 0 Å². The summed E-state index contributed by atoms with van der Waals surface area (Å²) < 4.78 is 5.59. The van der Waals surface area contributed by atoms with Gasteiger partial charge in [0, 0.05) is 63.7 Å². The van der Waals surface area contributed by atoms with Crippen LogP contribution in [0.5, 0.6) is 0 Å². The van der Waals surface area contributed by atoms with Crippen molar-refractivity contribution >= 4 is 17.5 Å². The zero-order chi connectivity index (χ0) is 22.8. The van der Waals surface area contributed by atoms with E-state index in [0.717, 1.165) is 63.2 Å². The number of fused-ring (bicyclic) bond motifs is 1. The average molecular weight is 446 g/mol. The molecule has 0 bridgehead atoms. The number of hydrogen-bond donors (Lipinski definition) is 2. The van der Waals surface area contributed by atoms with Crippen LogP contribution in [-0.4, -0.2) is 67.3 Å². The van der Waals surface area contributed by atoms with E-state index in [2.05, 4.69) is 10.2 Å². The number of benzene rings is 1. The minimum Gasteiger partial charge on any atom is -0.396 e. The van der Waals surface area contributed by atoms with E-state index >= 15 is 0 Å². The lowest BCUT2D eigenvalue weighted by atomic mass is 10.0. The number of aliphatic hydroxyl groups excluding tert-OH is 1. The van der Waals surface area contributed by atoms with Gasteiger partial charge in [-0.2, -0.15) is 0 Å². The summed E-state index contributed by atoms with van der Waals surface area (Å²) in [6.07, 6.45) is 8.28. The number of nitrogens with one attached hydrogen (secondary N) is 1. The summed E-state index contributed by atoms with van der Waals surface area (Å²) in [6.45, 7) is 6.17. The SMILES string of the molecule is CC(=O)N1CCCCCCCN(C2CCOCC2)Cc2cc(C(=O)NCCCO)ccc21. The number of aliphatic hydroxyl groups is 1. The molecule has 0 aromatic heterocycles. The van der Waals surface area contributed by atoms with Gasteiger partial charge in [0.1, 0.15) is 0 Å². The highest BCUT2D eigenvalue weighted by molar-refractivity contribution is 5.97. The van der Waals surface area contributed by atoms with Crippen molar-refractivity contribution in [1.82, 2.24) is 10.2 Å². The van der Waals surface area contributed by atoms with Crippen LogP contribution < -0.4 is 10.2 Å².